The summed E-state index contributed by atoms with van der Waals surface area (Å²) in [5.41, 5.74) is 0. The van der Waals surface area contributed by atoms with E-state index in [1.807, 2.05) is 0 Å². The fraction of sp³-hybridized carbons (Fsp3) is 0.849. The van der Waals surface area contributed by atoms with Gasteiger partial charge in [-0.1, -0.05) is 185 Å². The van der Waals surface area contributed by atoms with Gasteiger partial charge in [-0.3, -0.25) is 14.1 Å². The summed E-state index contributed by atoms with van der Waals surface area (Å²) >= 11 is 0. The Morgan fingerprint density at radius 3 is 1.35 bits per heavy atom. The van der Waals surface area contributed by atoms with E-state index in [2.05, 4.69) is 50.3 Å². The topological polar surface area (TPSA) is 186 Å². The average Bonchev–Trinajstić information content (AvgIpc) is 3.28. The van der Waals surface area contributed by atoms with Crippen molar-refractivity contribution in [3.63, 3.8) is 0 Å². The molecule has 386 valence electrons. The number of aliphatic hydroxyl groups is 3. The lowest BCUT2D eigenvalue weighted by molar-refractivity contribution is -0.297. The lowest BCUT2D eigenvalue weighted by Gasteiger charge is -2.40. The SMILES string of the molecule is CCCCCCC/C=C\C/C=C\CCCCCCCCCCCC(=O)OC(COC(=O)CCCCCCCCC/C=C\CCCCCCCC)COC1OC(CS(=O)(=O)O)C(O)C(O)C1O. The molecule has 0 saturated carbocycles. The number of rotatable bonds is 45. The maximum Gasteiger partial charge on any atom is 0.306 e. The molecule has 1 rings (SSSR count). The molecule has 6 atom stereocenters. The first-order valence-corrected chi connectivity index (χ1v) is 28.2. The summed E-state index contributed by atoms with van der Waals surface area (Å²) in [5.74, 6) is -1.99. The number of unbranched alkanes of at least 4 members (excludes halogenated alkanes) is 27. The standard InChI is InChI=1S/C53H96O12S/c1-3-5-7-9-11-13-15-17-19-21-22-23-24-26-28-30-32-34-36-38-40-42-49(55)64-46(44-63-53-52(58)51(57)50(56)47(65-53)45-66(59,60)61)43-62-48(54)41-39-37-35-33-31-29-27-25-20-18-16-14-12-10-8-6-4-2/h15,17-18,20-22,46-47,50-53,56-58H,3-14,16,19,23-45H2,1-2H3,(H,59,60,61)/b17-15-,20-18-,22-21-. The van der Waals surface area contributed by atoms with Crippen LogP contribution in [0.2, 0.25) is 0 Å². The van der Waals surface area contributed by atoms with E-state index in [1.54, 1.807) is 0 Å². The van der Waals surface area contributed by atoms with Crippen molar-refractivity contribution in [3.8, 4) is 0 Å². The van der Waals surface area contributed by atoms with Gasteiger partial charge >= 0.3 is 11.9 Å². The number of esters is 2. The third-order valence-corrected chi connectivity index (χ3v) is 12.9. The van der Waals surface area contributed by atoms with Crippen LogP contribution >= 0.6 is 0 Å². The first-order chi connectivity index (χ1) is 32.0. The Balaban J connectivity index is 2.36. The van der Waals surface area contributed by atoms with Crippen LogP contribution in [-0.4, -0.2) is 96.0 Å². The minimum Gasteiger partial charge on any atom is -0.462 e. The van der Waals surface area contributed by atoms with E-state index in [-0.39, 0.29) is 19.4 Å². The quantitative estimate of drug-likeness (QED) is 0.0196. The van der Waals surface area contributed by atoms with E-state index in [0.717, 1.165) is 64.2 Å². The lowest BCUT2D eigenvalue weighted by atomic mass is 10.00. The number of carbonyl (C=O) groups is 2. The third-order valence-electron chi connectivity index (χ3n) is 12.2. The van der Waals surface area contributed by atoms with Gasteiger partial charge < -0.3 is 34.3 Å². The number of allylic oxidation sites excluding steroid dienone is 6. The largest absolute Gasteiger partial charge is 0.462 e. The molecule has 0 spiro atoms. The van der Waals surface area contributed by atoms with Crippen molar-refractivity contribution >= 4 is 22.1 Å². The van der Waals surface area contributed by atoms with Crippen LogP contribution in [-0.2, 0) is 38.7 Å². The van der Waals surface area contributed by atoms with E-state index in [1.165, 1.54) is 128 Å². The first kappa shape index (κ1) is 61.9. The molecule has 1 heterocycles. The monoisotopic (exact) mass is 957 g/mol. The maximum absolute atomic E-state index is 12.9. The molecule has 0 aliphatic carbocycles. The second kappa shape index (κ2) is 42.9. The van der Waals surface area contributed by atoms with E-state index < -0.39 is 71.2 Å². The molecule has 4 N–H and O–H groups in total. The number of carbonyl (C=O) groups excluding carboxylic acids is 2. The summed E-state index contributed by atoms with van der Waals surface area (Å²) in [6, 6.07) is 0. The Morgan fingerprint density at radius 1 is 0.515 bits per heavy atom. The van der Waals surface area contributed by atoms with Gasteiger partial charge in [-0.2, -0.15) is 8.42 Å². The second-order valence-electron chi connectivity index (χ2n) is 18.5. The highest BCUT2D eigenvalue weighted by molar-refractivity contribution is 7.85. The fourth-order valence-electron chi connectivity index (χ4n) is 8.06. The van der Waals surface area contributed by atoms with Crippen molar-refractivity contribution in [2.24, 2.45) is 0 Å². The van der Waals surface area contributed by atoms with Gasteiger partial charge in [0, 0.05) is 12.8 Å². The van der Waals surface area contributed by atoms with Crippen LogP contribution in [0.5, 0.6) is 0 Å². The van der Waals surface area contributed by atoms with Gasteiger partial charge in [0.25, 0.3) is 10.1 Å². The summed E-state index contributed by atoms with van der Waals surface area (Å²) in [7, 11) is -4.61. The van der Waals surface area contributed by atoms with Crippen LogP contribution in [0, 0.1) is 0 Å². The van der Waals surface area contributed by atoms with Gasteiger partial charge in [-0.25, -0.2) is 0 Å². The molecule has 6 unspecified atom stereocenters. The van der Waals surface area contributed by atoms with Crippen molar-refractivity contribution in [2.75, 3.05) is 19.0 Å². The molecule has 0 amide bonds. The Bertz CT molecular complexity index is 1350. The van der Waals surface area contributed by atoms with Crippen molar-refractivity contribution in [1.82, 2.24) is 0 Å². The van der Waals surface area contributed by atoms with E-state index in [0.29, 0.717) is 12.8 Å². The zero-order valence-electron chi connectivity index (χ0n) is 41.6. The summed E-state index contributed by atoms with van der Waals surface area (Å²) < 4.78 is 54.3. The maximum atomic E-state index is 12.9. The van der Waals surface area contributed by atoms with Gasteiger partial charge in [0.2, 0.25) is 0 Å². The smallest absolute Gasteiger partial charge is 0.306 e. The van der Waals surface area contributed by atoms with Crippen LogP contribution in [0.15, 0.2) is 36.5 Å². The van der Waals surface area contributed by atoms with E-state index in [9.17, 15) is 37.9 Å². The molecule has 12 nitrogen and oxygen atoms in total. The first-order valence-electron chi connectivity index (χ1n) is 26.5. The molecule has 0 aromatic carbocycles. The van der Waals surface area contributed by atoms with Crippen molar-refractivity contribution in [3.05, 3.63) is 36.5 Å². The molecular formula is C53H96O12S. The molecule has 0 aromatic rings. The molecule has 1 fully saturated rings. The Kier molecular flexibility index (Phi) is 40.3. The predicted molar refractivity (Wildman–Crippen MR) is 266 cm³/mol. The molecule has 0 aromatic heterocycles. The summed E-state index contributed by atoms with van der Waals surface area (Å²) in [6.45, 7) is 3.77. The fourth-order valence-corrected chi connectivity index (χ4v) is 8.75. The molecule has 0 bridgehead atoms. The average molecular weight is 957 g/mol. The van der Waals surface area contributed by atoms with Crippen LogP contribution in [0.1, 0.15) is 232 Å². The Hall–Kier alpha value is -2.13. The molecular weight excluding hydrogens is 861 g/mol. The van der Waals surface area contributed by atoms with E-state index in [4.69, 9.17) is 18.9 Å². The zero-order valence-corrected chi connectivity index (χ0v) is 42.4. The van der Waals surface area contributed by atoms with Gasteiger partial charge in [0.15, 0.2) is 12.4 Å². The van der Waals surface area contributed by atoms with Crippen molar-refractivity contribution in [2.45, 2.75) is 269 Å². The van der Waals surface area contributed by atoms with Crippen molar-refractivity contribution < 1.29 is 56.8 Å². The molecule has 66 heavy (non-hydrogen) atoms. The molecule has 0 radical (unpaired) electrons. The van der Waals surface area contributed by atoms with Gasteiger partial charge in [0.05, 0.1) is 6.61 Å². The van der Waals surface area contributed by atoms with Crippen LogP contribution in [0.3, 0.4) is 0 Å². The van der Waals surface area contributed by atoms with Crippen LogP contribution in [0.4, 0.5) is 0 Å². The van der Waals surface area contributed by atoms with Crippen LogP contribution < -0.4 is 0 Å². The van der Waals surface area contributed by atoms with Gasteiger partial charge in [0.1, 0.15) is 36.8 Å². The highest BCUT2D eigenvalue weighted by Crippen LogP contribution is 2.24. The molecule has 1 saturated heterocycles. The highest BCUT2D eigenvalue weighted by atomic mass is 32.2. The minimum absolute atomic E-state index is 0.159. The summed E-state index contributed by atoms with van der Waals surface area (Å²) in [4.78, 5) is 25.5. The summed E-state index contributed by atoms with van der Waals surface area (Å²) in [6.07, 6.45) is 41.8. The zero-order chi connectivity index (χ0) is 48.4. The second-order valence-corrected chi connectivity index (χ2v) is 20.0. The number of ether oxygens (including phenoxy) is 4. The highest BCUT2D eigenvalue weighted by Gasteiger charge is 2.46. The summed E-state index contributed by atoms with van der Waals surface area (Å²) in [5, 5.41) is 31.0. The Labute approximate surface area is 401 Å². The number of hydrogen-bond donors (Lipinski definition) is 4. The minimum atomic E-state index is -4.61. The van der Waals surface area contributed by atoms with Crippen molar-refractivity contribution in [1.29, 1.82) is 0 Å². The molecule has 1 aliphatic rings. The molecule has 13 heteroatoms. The third kappa shape index (κ3) is 36.9. The normalized spacial score (nSPS) is 19.6. The lowest BCUT2D eigenvalue weighted by Crippen LogP contribution is -2.60. The van der Waals surface area contributed by atoms with Gasteiger partial charge in [-0.05, 0) is 70.6 Å². The molecule has 1 aliphatic heterocycles. The number of aliphatic hydroxyl groups excluding tert-OH is 3. The predicted octanol–water partition coefficient (Wildman–Crippen LogP) is 12.1. The Morgan fingerprint density at radius 2 is 0.909 bits per heavy atom. The van der Waals surface area contributed by atoms with Gasteiger partial charge in [-0.15, -0.1) is 0 Å². The number of hydrogen-bond acceptors (Lipinski definition) is 11. The van der Waals surface area contributed by atoms with E-state index >= 15 is 0 Å². The van der Waals surface area contributed by atoms with Crippen LogP contribution in [0.25, 0.3) is 0 Å².